The lowest BCUT2D eigenvalue weighted by atomic mass is 9.93. The van der Waals surface area contributed by atoms with Gasteiger partial charge in [-0.3, -0.25) is 0 Å². The van der Waals surface area contributed by atoms with E-state index in [1.54, 1.807) is 32.9 Å². The van der Waals surface area contributed by atoms with E-state index in [1.165, 1.54) is 17.2 Å². The van der Waals surface area contributed by atoms with Crippen molar-refractivity contribution in [2.75, 3.05) is 6.61 Å². The molecule has 3 aromatic carbocycles. The van der Waals surface area contributed by atoms with Gasteiger partial charge in [0, 0.05) is 28.7 Å². The van der Waals surface area contributed by atoms with Crippen LogP contribution in [0.1, 0.15) is 49.8 Å². The van der Waals surface area contributed by atoms with E-state index in [1.807, 2.05) is 19.1 Å². The zero-order chi connectivity index (χ0) is 29.8. The molecular weight excluding hydrogens is 516 g/mol. The first kappa shape index (κ1) is 29.3. The SMILES string of the molecule is C=C(C)C(=O)OCC1CCc2cc(-c3ccc(-c4cc(OC(=O)C(=C)C)cc(OC(=O)C(=C)C)c4)cc3C)ccc21. The van der Waals surface area contributed by atoms with Gasteiger partial charge in [-0.2, -0.15) is 0 Å². The number of rotatable bonds is 9. The topological polar surface area (TPSA) is 78.9 Å². The Morgan fingerprint density at radius 3 is 1.88 bits per heavy atom. The van der Waals surface area contributed by atoms with Crippen LogP contribution in [0.2, 0.25) is 0 Å². The number of benzene rings is 3. The van der Waals surface area contributed by atoms with Crippen molar-refractivity contribution >= 4 is 17.9 Å². The molecule has 210 valence electrons. The second-order valence-electron chi connectivity index (χ2n) is 10.6. The van der Waals surface area contributed by atoms with Gasteiger partial charge in [0.1, 0.15) is 11.5 Å². The molecule has 6 nitrogen and oxygen atoms in total. The quantitative estimate of drug-likeness (QED) is 0.157. The highest BCUT2D eigenvalue weighted by Gasteiger charge is 2.24. The number of carbonyl (C=O) groups is 3. The Labute approximate surface area is 241 Å². The van der Waals surface area contributed by atoms with Gasteiger partial charge in [0.15, 0.2) is 0 Å². The van der Waals surface area contributed by atoms with Gasteiger partial charge in [-0.05, 0) is 91.6 Å². The second kappa shape index (κ2) is 12.2. The fourth-order valence-corrected chi connectivity index (χ4v) is 4.76. The van der Waals surface area contributed by atoms with Gasteiger partial charge in [-0.15, -0.1) is 0 Å². The van der Waals surface area contributed by atoms with Crippen molar-refractivity contribution in [1.82, 2.24) is 0 Å². The Balaban J connectivity index is 1.61. The van der Waals surface area contributed by atoms with Gasteiger partial charge < -0.3 is 14.2 Å². The van der Waals surface area contributed by atoms with Crippen LogP contribution in [0.3, 0.4) is 0 Å². The van der Waals surface area contributed by atoms with Gasteiger partial charge in [-0.1, -0.05) is 56.1 Å². The van der Waals surface area contributed by atoms with Crippen molar-refractivity contribution in [1.29, 1.82) is 0 Å². The molecule has 6 heteroatoms. The normalized spacial score (nSPS) is 13.6. The van der Waals surface area contributed by atoms with Crippen LogP contribution in [-0.4, -0.2) is 24.5 Å². The van der Waals surface area contributed by atoms with Gasteiger partial charge in [-0.25, -0.2) is 14.4 Å². The van der Waals surface area contributed by atoms with Crippen LogP contribution in [0.5, 0.6) is 11.5 Å². The van der Waals surface area contributed by atoms with Gasteiger partial charge in [0.2, 0.25) is 0 Å². The van der Waals surface area contributed by atoms with E-state index in [4.69, 9.17) is 14.2 Å². The fourth-order valence-electron chi connectivity index (χ4n) is 4.76. The van der Waals surface area contributed by atoms with Crippen molar-refractivity contribution in [2.24, 2.45) is 0 Å². The fraction of sp³-hybridized carbons (Fsp3) is 0.229. The molecule has 0 amide bonds. The minimum absolute atomic E-state index is 0.185. The molecule has 1 unspecified atom stereocenters. The molecule has 0 saturated carbocycles. The molecule has 0 aliphatic heterocycles. The van der Waals surface area contributed by atoms with Crippen LogP contribution in [0, 0.1) is 6.92 Å². The summed E-state index contributed by atoms with van der Waals surface area (Å²) in [6.45, 7) is 18.1. The molecule has 1 atom stereocenters. The second-order valence-corrected chi connectivity index (χ2v) is 10.6. The van der Waals surface area contributed by atoms with Crippen LogP contribution in [0.15, 0.2) is 91.1 Å². The Hall–Kier alpha value is -4.71. The van der Waals surface area contributed by atoms with Gasteiger partial charge >= 0.3 is 17.9 Å². The highest BCUT2D eigenvalue weighted by atomic mass is 16.5. The van der Waals surface area contributed by atoms with Crippen LogP contribution in [0.4, 0.5) is 0 Å². The molecule has 3 aromatic rings. The summed E-state index contributed by atoms with van der Waals surface area (Å²) in [5.41, 5.74) is 8.23. The lowest BCUT2D eigenvalue weighted by Gasteiger charge is -2.15. The van der Waals surface area contributed by atoms with Gasteiger partial charge in [0.05, 0.1) is 6.61 Å². The molecule has 0 aromatic heterocycles. The number of esters is 3. The van der Waals surface area contributed by atoms with Crippen molar-refractivity contribution < 1.29 is 28.6 Å². The molecule has 0 heterocycles. The summed E-state index contributed by atoms with van der Waals surface area (Å²) in [4.78, 5) is 36.2. The van der Waals surface area contributed by atoms with E-state index in [0.717, 1.165) is 40.7 Å². The molecular formula is C35H34O6. The summed E-state index contributed by atoms with van der Waals surface area (Å²) in [6.07, 6.45) is 1.86. The highest BCUT2D eigenvalue weighted by molar-refractivity contribution is 5.90. The highest BCUT2D eigenvalue weighted by Crippen LogP contribution is 2.38. The van der Waals surface area contributed by atoms with E-state index >= 15 is 0 Å². The standard InChI is InChI=1S/C35H34O6/c1-20(2)33(36)39-19-27-9-8-26-15-25(11-13-32(26)27)31-12-10-24(14-23(31)7)28-16-29(40-34(37)21(3)4)18-30(17-28)41-35(38)22(5)6/h10-18,27H,1,3,5,8-9,19H2,2,4,6-7H3. The maximum Gasteiger partial charge on any atom is 0.338 e. The minimum Gasteiger partial charge on any atom is -0.462 e. The largest absolute Gasteiger partial charge is 0.462 e. The van der Waals surface area contributed by atoms with E-state index in [0.29, 0.717) is 12.2 Å². The molecule has 0 spiro atoms. The minimum atomic E-state index is -0.571. The van der Waals surface area contributed by atoms with E-state index in [2.05, 4.69) is 44.0 Å². The third-order valence-corrected chi connectivity index (χ3v) is 6.98. The lowest BCUT2D eigenvalue weighted by molar-refractivity contribution is -0.139. The van der Waals surface area contributed by atoms with Crippen molar-refractivity contribution in [3.05, 3.63) is 108 Å². The molecule has 1 aliphatic rings. The lowest BCUT2D eigenvalue weighted by Crippen LogP contribution is -2.11. The number of aryl methyl sites for hydroxylation is 2. The summed E-state index contributed by atoms with van der Waals surface area (Å²) < 4.78 is 16.3. The Bertz CT molecular complexity index is 1550. The Morgan fingerprint density at radius 1 is 0.732 bits per heavy atom. The summed E-state index contributed by atoms with van der Waals surface area (Å²) in [5.74, 6) is -0.832. The van der Waals surface area contributed by atoms with E-state index in [9.17, 15) is 14.4 Å². The summed E-state index contributed by atoms with van der Waals surface area (Å²) >= 11 is 0. The van der Waals surface area contributed by atoms with Crippen molar-refractivity contribution in [3.8, 4) is 33.8 Å². The molecule has 41 heavy (non-hydrogen) atoms. The number of carbonyl (C=O) groups excluding carboxylic acids is 3. The average molecular weight is 551 g/mol. The van der Waals surface area contributed by atoms with Gasteiger partial charge in [0.25, 0.3) is 0 Å². The van der Waals surface area contributed by atoms with Crippen LogP contribution < -0.4 is 9.47 Å². The molecule has 0 fully saturated rings. The summed E-state index contributed by atoms with van der Waals surface area (Å²) in [6, 6.07) is 17.5. The first-order valence-electron chi connectivity index (χ1n) is 13.4. The predicted octanol–water partition coefficient (Wildman–Crippen LogP) is 7.44. The van der Waals surface area contributed by atoms with Crippen LogP contribution in [-0.2, 0) is 25.5 Å². The number of fused-ring (bicyclic) bond motifs is 1. The van der Waals surface area contributed by atoms with Crippen LogP contribution >= 0.6 is 0 Å². The number of hydrogen-bond acceptors (Lipinski definition) is 6. The molecule has 0 bridgehead atoms. The zero-order valence-electron chi connectivity index (χ0n) is 24.0. The predicted molar refractivity (Wildman–Crippen MR) is 160 cm³/mol. The molecule has 0 saturated heterocycles. The molecule has 1 aliphatic carbocycles. The monoisotopic (exact) mass is 550 g/mol. The first-order valence-corrected chi connectivity index (χ1v) is 13.4. The smallest absolute Gasteiger partial charge is 0.338 e. The maximum atomic E-state index is 12.2. The number of hydrogen-bond donors (Lipinski definition) is 0. The third-order valence-electron chi connectivity index (χ3n) is 6.98. The Kier molecular flexibility index (Phi) is 8.72. The van der Waals surface area contributed by atoms with E-state index in [-0.39, 0.29) is 34.5 Å². The zero-order valence-corrected chi connectivity index (χ0v) is 24.0. The van der Waals surface area contributed by atoms with Crippen molar-refractivity contribution in [3.63, 3.8) is 0 Å². The molecule has 0 N–H and O–H groups in total. The van der Waals surface area contributed by atoms with Crippen LogP contribution in [0.25, 0.3) is 22.3 Å². The third kappa shape index (κ3) is 6.90. The van der Waals surface area contributed by atoms with E-state index < -0.39 is 11.9 Å². The number of ether oxygens (including phenoxy) is 3. The summed E-state index contributed by atoms with van der Waals surface area (Å²) in [5, 5.41) is 0. The average Bonchev–Trinajstić information content (AvgIpc) is 3.33. The first-order chi connectivity index (χ1) is 19.4. The van der Waals surface area contributed by atoms with Crippen molar-refractivity contribution in [2.45, 2.75) is 46.5 Å². The summed E-state index contributed by atoms with van der Waals surface area (Å²) in [7, 11) is 0. The molecule has 0 radical (unpaired) electrons. The Morgan fingerprint density at radius 2 is 1.32 bits per heavy atom. The molecule has 4 rings (SSSR count). The maximum absolute atomic E-state index is 12.2.